The Hall–Kier alpha value is -0.520. The van der Waals surface area contributed by atoms with Crippen molar-refractivity contribution in [3.63, 3.8) is 0 Å². The van der Waals surface area contributed by atoms with Crippen LogP contribution in [0.2, 0.25) is 0 Å². The maximum atomic E-state index is 12.5. The van der Waals surface area contributed by atoms with Gasteiger partial charge in [-0.3, -0.25) is 4.21 Å². The minimum Gasteiger partial charge on any atom is -0.324 e. The second-order valence-corrected chi connectivity index (χ2v) is 11.7. The number of aldehydes is 1. The van der Waals surface area contributed by atoms with Gasteiger partial charge in [0.2, 0.25) is 14.2 Å². The summed E-state index contributed by atoms with van der Waals surface area (Å²) < 4.78 is 33.6. The highest BCUT2D eigenvalue weighted by Gasteiger charge is 2.57. The maximum absolute atomic E-state index is 12.5. The molecule has 0 saturated heterocycles. The predicted octanol–water partition coefficient (Wildman–Crippen LogP) is 4.02. The molecule has 30 heavy (non-hydrogen) atoms. The number of hydrogen-bond acceptors (Lipinski definition) is 4. The average molecular weight is 446 g/mol. The van der Waals surface area contributed by atoms with Gasteiger partial charge in [0.05, 0.1) is 6.10 Å². The summed E-state index contributed by atoms with van der Waals surface area (Å²) in [4.78, 5) is 11.2. The van der Waals surface area contributed by atoms with Gasteiger partial charge in [0.15, 0.2) is 0 Å². The summed E-state index contributed by atoms with van der Waals surface area (Å²) in [5.74, 6) is 1.10. The van der Waals surface area contributed by atoms with Gasteiger partial charge in [0, 0.05) is 17.1 Å². The quantitative estimate of drug-likeness (QED) is 0.245. The smallest absolute Gasteiger partial charge is 0.216 e. The zero-order valence-electron chi connectivity index (χ0n) is 20.1. The molecule has 0 amide bonds. The molecule has 4 rings (SSSR count). The predicted molar refractivity (Wildman–Crippen MR) is 129 cm³/mol. The number of carbonyl (C=O) groups is 1. The van der Waals surface area contributed by atoms with Gasteiger partial charge in [-0.15, -0.1) is 0 Å². The molecule has 8 atom stereocenters. The minimum atomic E-state index is -1.31. The summed E-state index contributed by atoms with van der Waals surface area (Å²) in [5.41, 5.74) is 4.13. The van der Waals surface area contributed by atoms with Gasteiger partial charge >= 0.3 is 0 Å². The van der Waals surface area contributed by atoms with E-state index in [4.69, 9.17) is 6.85 Å². The molecule has 0 bridgehead atoms. The molecule has 0 aromatic rings. The van der Waals surface area contributed by atoms with E-state index >= 15 is 0 Å². The summed E-state index contributed by atoms with van der Waals surface area (Å²) in [6.07, 6.45) is 13.0. The zero-order chi connectivity index (χ0) is 23.1. The van der Waals surface area contributed by atoms with Crippen molar-refractivity contribution < 1.29 is 13.2 Å². The van der Waals surface area contributed by atoms with Crippen LogP contribution in [0, 0.1) is 28.6 Å². The van der Waals surface area contributed by atoms with Crippen LogP contribution in [0.4, 0.5) is 0 Å². The van der Waals surface area contributed by atoms with Crippen molar-refractivity contribution in [2.45, 2.75) is 70.7 Å². The van der Waals surface area contributed by atoms with Crippen molar-refractivity contribution in [1.82, 2.24) is 0 Å². The van der Waals surface area contributed by atoms with Crippen molar-refractivity contribution in [3.05, 3.63) is 34.9 Å². The Balaban J connectivity index is 1.68. The van der Waals surface area contributed by atoms with E-state index in [2.05, 4.69) is 39.0 Å². The van der Waals surface area contributed by atoms with Crippen LogP contribution in [0.25, 0.3) is 0 Å². The minimum absolute atomic E-state index is 0.103. The van der Waals surface area contributed by atoms with Crippen molar-refractivity contribution in [3.8, 4) is 0 Å². The van der Waals surface area contributed by atoms with Crippen LogP contribution in [0.5, 0.6) is 0 Å². The Morgan fingerprint density at radius 2 is 2.27 bits per heavy atom. The molecule has 4 unspecified atom stereocenters. The Kier molecular flexibility index (Phi) is 5.66. The molecule has 7 heteroatoms. The fraction of sp³-hybridized carbons (Fsp3) is 0.696. The number of carbonyl (C=O) groups excluding carboxylic acids is 1. The monoisotopic (exact) mass is 446 g/mol. The molecule has 2 fully saturated rings. The molecule has 4 aliphatic carbocycles. The third-order valence-electron chi connectivity index (χ3n) is 8.73. The van der Waals surface area contributed by atoms with Crippen molar-refractivity contribution >= 4 is 43.0 Å². The molecule has 0 aromatic carbocycles. The Morgan fingerprint density at radius 3 is 3.00 bits per heavy atom. The van der Waals surface area contributed by atoms with E-state index in [9.17, 15) is 9.00 Å². The van der Waals surface area contributed by atoms with E-state index in [0.717, 1.165) is 51.0 Å². The van der Waals surface area contributed by atoms with Crippen LogP contribution in [0.1, 0.15) is 59.3 Å². The largest absolute Gasteiger partial charge is 0.324 e. The van der Waals surface area contributed by atoms with Crippen LogP contribution < -0.4 is 0 Å². The van der Waals surface area contributed by atoms with Crippen LogP contribution in [-0.4, -0.2) is 38.7 Å². The van der Waals surface area contributed by atoms with Gasteiger partial charge in [0.1, 0.15) is 6.29 Å². The molecule has 4 aliphatic rings. The third-order valence-corrected chi connectivity index (χ3v) is 10.1. The highest BCUT2D eigenvalue weighted by Crippen LogP contribution is 2.65. The molecule has 0 aliphatic heterocycles. The number of allylic oxidation sites excluding steroid dienone is 5. The topological polar surface area (TPSA) is 43.4 Å². The van der Waals surface area contributed by atoms with E-state index < -0.39 is 10.7 Å². The lowest BCUT2D eigenvalue weighted by molar-refractivity contribution is -0.108. The van der Waals surface area contributed by atoms with Gasteiger partial charge in [0.25, 0.3) is 0 Å². The summed E-state index contributed by atoms with van der Waals surface area (Å²) in [6.45, 7) is 6.87. The van der Waals surface area contributed by atoms with E-state index in [1.54, 1.807) is 0 Å². The van der Waals surface area contributed by atoms with Crippen molar-refractivity contribution in [2.75, 3.05) is 0 Å². The van der Waals surface area contributed by atoms with Gasteiger partial charge in [-0.05, 0) is 68.6 Å². The SMILES string of the molecule is [3H][B]SO[C@H]1C[C@H](S(=O)[B][3H])CC2=CC=C3C(CC[C@]4(C)C(C(C)CC=O)=CCC34)[C@]21C. The first-order valence-electron chi connectivity index (χ1n) is 12.1. The van der Waals surface area contributed by atoms with Crippen molar-refractivity contribution in [2.24, 2.45) is 28.6 Å². The molecule has 0 aromatic heterocycles. The van der Waals surface area contributed by atoms with Gasteiger partial charge in [-0.25, -0.2) is 0 Å². The first kappa shape index (κ1) is 20.1. The third kappa shape index (κ3) is 3.38. The van der Waals surface area contributed by atoms with Gasteiger partial charge < -0.3 is 8.98 Å². The summed E-state index contributed by atoms with van der Waals surface area (Å²) in [5, 5.41) is -0.115. The van der Waals surface area contributed by atoms with E-state index in [0.29, 0.717) is 24.7 Å². The molecule has 0 N–H and O–H groups in total. The first-order chi connectivity index (χ1) is 15.3. The molecule has 2 saturated carbocycles. The number of fused-ring (bicyclic) bond motifs is 5. The van der Waals surface area contributed by atoms with E-state index in [1.807, 2.05) is 0 Å². The normalized spacial score (nSPS) is 42.7. The van der Waals surface area contributed by atoms with Crippen LogP contribution in [-0.2, 0) is 19.6 Å². The molecular weight excluding hydrogens is 410 g/mol. The average Bonchev–Trinajstić information content (AvgIpc) is 3.14. The van der Waals surface area contributed by atoms with Crippen molar-refractivity contribution in [1.29, 1.82) is 2.67 Å². The fourth-order valence-electron chi connectivity index (χ4n) is 7.04. The summed E-state index contributed by atoms with van der Waals surface area (Å²) >= 11 is 1.05. The summed E-state index contributed by atoms with van der Waals surface area (Å²) in [6, 6.07) is 0. The Bertz CT molecular complexity index is 879. The highest BCUT2D eigenvalue weighted by atomic mass is 32.2. The number of hydrogen-bond donors (Lipinski definition) is 0. The Labute approximate surface area is 192 Å². The summed E-state index contributed by atoms with van der Waals surface area (Å²) in [7, 11) is 0.955. The van der Waals surface area contributed by atoms with E-state index in [1.165, 1.54) is 23.8 Å². The van der Waals surface area contributed by atoms with Crippen LogP contribution >= 0.6 is 11.9 Å². The Morgan fingerprint density at radius 1 is 1.43 bits per heavy atom. The second kappa shape index (κ2) is 8.44. The standard InChI is InChI=1S/C23H32B2O3S2/c1-14(9-11-26)18-6-7-19-17-5-4-15-12-16(30(25)27)13-21(28-29-24)23(15,3)20(17)8-10-22(18,19)2/h4-6,11,14,16,19-21,24-25H,7-10,12-13H2,1-3H3/t14?,16-,19?,20?,21+,22-,23+,30?/m1/s1/i24T,25T. The lowest BCUT2D eigenvalue weighted by Gasteiger charge is -2.57. The van der Waals surface area contributed by atoms with Crippen LogP contribution in [0.15, 0.2) is 34.9 Å². The molecule has 0 spiro atoms. The van der Waals surface area contributed by atoms with E-state index in [-0.39, 0.29) is 28.1 Å². The molecule has 2 radical (unpaired) electrons. The lowest BCUT2D eigenvalue weighted by Crippen LogP contribution is -2.53. The number of rotatable bonds is 8. The van der Waals surface area contributed by atoms with Gasteiger partial charge in [-0.2, -0.15) is 0 Å². The fourth-order valence-corrected chi connectivity index (χ4v) is 8.16. The highest BCUT2D eigenvalue weighted by molar-refractivity contribution is 8.15. The maximum Gasteiger partial charge on any atom is 0.216 e. The second-order valence-electron chi connectivity index (χ2n) is 9.97. The lowest BCUT2D eigenvalue weighted by atomic mass is 9.49. The van der Waals surface area contributed by atoms with Crippen LogP contribution in [0.3, 0.4) is 0 Å². The molecule has 160 valence electrons. The first-order valence-corrected chi connectivity index (χ1v) is 13.1. The molecular formula is C23H32B2O3S2. The van der Waals surface area contributed by atoms with Gasteiger partial charge in [-0.1, -0.05) is 67.6 Å². The zero-order valence-corrected chi connectivity index (χ0v) is 19.8. The molecule has 0 heterocycles. The molecule has 3 nitrogen and oxygen atoms in total.